The molecule has 0 radical (unpaired) electrons. The average Bonchev–Trinajstić information content (AvgIpc) is 2.84. The van der Waals surface area contributed by atoms with Crippen LogP contribution >= 0.6 is 11.6 Å². The van der Waals surface area contributed by atoms with Crippen LogP contribution in [-0.4, -0.2) is 0 Å². The molecule has 2 aromatic rings. The van der Waals surface area contributed by atoms with E-state index in [9.17, 15) is 0 Å². The molecule has 2 saturated carbocycles. The normalized spacial score (nSPS) is 26.4. The second-order valence-electron chi connectivity index (χ2n) is 10.5. The van der Waals surface area contributed by atoms with E-state index in [4.69, 9.17) is 11.6 Å². The van der Waals surface area contributed by atoms with Crippen molar-refractivity contribution in [2.45, 2.75) is 89.9 Å². The zero-order valence-electron chi connectivity index (χ0n) is 19.9. The highest BCUT2D eigenvalue weighted by Crippen LogP contribution is 2.40. The first-order valence-corrected chi connectivity index (χ1v) is 13.6. The summed E-state index contributed by atoms with van der Waals surface area (Å²) in [5, 5.41) is 0.788. The van der Waals surface area contributed by atoms with Crippen molar-refractivity contribution in [2.24, 2.45) is 17.8 Å². The smallest absolute Gasteiger partial charge is 0.0406 e. The summed E-state index contributed by atoms with van der Waals surface area (Å²) in [6.07, 6.45) is 21.9. The van der Waals surface area contributed by atoms with Crippen LogP contribution in [0.15, 0.2) is 48.5 Å². The van der Waals surface area contributed by atoms with Crippen molar-refractivity contribution in [2.75, 3.05) is 0 Å². The third kappa shape index (κ3) is 6.98. The van der Waals surface area contributed by atoms with E-state index in [1.54, 1.807) is 5.56 Å². The summed E-state index contributed by atoms with van der Waals surface area (Å²) in [5.41, 5.74) is 4.00. The molecule has 2 fully saturated rings. The lowest BCUT2D eigenvalue weighted by atomic mass is 9.74. The molecule has 0 heterocycles. The molecule has 172 valence electrons. The fourth-order valence-electron chi connectivity index (χ4n) is 6.12. The van der Waals surface area contributed by atoms with Crippen LogP contribution in [-0.2, 0) is 0 Å². The van der Waals surface area contributed by atoms with Gasteiger partial charge in [-0.05, 0) is 78.2 Å². The molecule has 0 aliphatic heterocycles. The predicted octanol–water partition coefficient (Wildman–Crippen LogP) is 10.2. The summed E-state index contributed by atoms with van der Waals surface area (Å²) in [6, 6.07) is 17.3. The highest BCUT2D eigenvalue weighted by atomic mass is 35.5. The highest BCUT2D eigenvalue weighted by molar-refractivity contribution is 6.30. The lowest BCUT2D eigenvalue weighted by Gasteiger charge is -2.32. The number of halogens is 1. The van der Waals surface area contributed by atoms with E-state index in [2.05, 4.69) is 55.5 Å². The fourth-order valence-corrected chi connectivity index (χ4v) is 6.24. The van der Waals surface area contributed by atoms with Gasteiger partial charge in [-0.1, -0.05) is 118 Å². The minimum atomic E-state index is 0.769. The van der Waals surface area contributed by atoms with E-state index in [1.165, 1.54) is 88.2 Å². The monoisotopic (exact) mass is 448 g/mol. The van der Waals surface area contributed by atoms with E-state index in [1.807, 2.05) is 12.1 Å². The van der Waals surface area contributed by atoms with Gasteiger partial charge < -0.3 is 0 Å². The quantitative estimate of drug-likeness (QED) is 0.352. The molecular weight excluding hydrogens is 408 g/mol. The van der Waals surface area contributed by atoms with Gasteiger partial charge >= 0.3 is 0 Å². The Hall–Kier alpha value is -1.53. The standard InChI is InChI=1S/C31H41Cl/c1-2-3-24-4-6-25(7-5-24)8-9-26-12-18-29(19-13-26)30-20-14-27(15-21-30)10-11-28-16-22-31(32)23-17-28/h10-11,14-17,20-26,29H,2-9,12-13,18-19H2,1H3. The number of hydrogen-bond acceptors (Lipinski definition) is 0. The van der Waals surface area contributed by atoms with E-state index in [0.717, 1.165) is 28.7 Å². The van der Waals surface area contributed by atoms with Gasteiger partial charge in [-0.25, -0.2) is 0 Å². The topological polar surface area (TPSA) is 0 Å². The molecule has 0 saturated heterocycles. The fraction of sp³-hybridized carbons (Fsp3) is 0.548. The molecule has 0 unspecified atom stereocenters. The molecule has 0 aromatic heterocycles. The molecule has 0 nitrogen and oxygen atoms in total. The summed E-state index contributed by atoms with van der Waals surface area (Å²) in [5.74, 6) is 3.84. The summed E-state index contributed by atoms with van der Waals surface area (Å²) in [7, 11) is 0. The third-order valence-electron chi connectivity index (χ3n) is 8.24. The zero-order chi connectivity index (χ0) is 22.2. The minimum Gasteiger partial charge on any atom is -0.0843 e. The van der Waals surface area contributed by atoms with Gasteiger partial charge in [0.05, 0.1) is 0 Å². The van der Waals surface area contributed by atoms with Crippen molar-refractivity contribution in [3.8, 4) is 0 Å². The Balaban J connectivity index is 1.18. The van der Waals surface area contributed by atoms with Crippen LogP contribution in [0.1, 0.15) is 107 Å². The number of benzene rings is 2. The first-order valence-electron chi connectivity index (χ1n) is 13.2. The summed E-state index contributed by atoms with van der Waals surface area (Å²) < 4.78 is 0. The minimum absolute atomic E-state index is 0.769. The van der Waals surface area contributed by atoms with Crippen LogP contribution in [0.25, 0.3) is 12.2 Å². The maximum Gasteiger partial charge on any atom is 0.0406 e. The Morgan fingerprint density at radius 1 is 0.625 bits per heavy atom. The number of rotatable bonds is 8. The van der Waals surface area contributed by atoms with Gasteiger partial charge in [-0.3, -0.25) is 0 Å². The molecule has 2 aliphatic rings. The van der Waals surface area contributed by atoms with E-state index >= 15 is 0 Å². The van der Waals surface area contributed by atoms with Crippen LogP contribution in [0, 0.1) is 17.8 Å². The molecular formula is C31H41Cl. The summed E-state index contributed by atoms with van der Waals surface area (Å²) >= 11 is 5.97. The van der Waals surface area contributed by atoms with Gasteiger partial charge in [0.1, 0.15) is 0 Å². The van der Waals surface area contributed by atoms with Gasteiger partial charge in [0.25, 0.3) is 0 Å². The van der Waals surface area contributed by atoms with Crippen LogP contribution in [0.4, 0.5) is 0 Å². The van der Waals surface area contributed by atoms with E-state index in [-0.39, 0.29) is 0 Å². The second kappa shape index (κ2) is 12.1. The van der Waals surface area contributed by atoms with Crippen molar-refractivity contribution in [3.63, 3.8) is 0 Å². The Labute approximate surface area is 201 Å². The highest BCUT2D eigenvalue weighted by Gasteiger charge is 2.25. The molecule has 0 spiro atoms. The maximum absolute atomic E-state index is 5.97. The van der Waals surface area contributed by atoms with Crippen LogP contribution in [0.2, 0.25) is 5.02 Å². The van der Waals surface area contributed by atoms with Crippen molar-refractivity contribution < 1.29 is 0 Å². The average molecular weight is 449 g/mol. The van der Waals surface area contributed by atoms with Crippen molar-refractivity contribution >= 4 is 23.8 Å². The predicted molar refractivity (Wildman–Crippen MR) is 141 cm³/mol. The summed E-state index contributed by atoms with van der Waals surface area (Å²) in [4.78, 5) is 0. The molecule has 0 amide bonds. The SMILES string of the molecule is CCCC1CCC(CCC2CCC(c3ccc(C=Cc4ccc(Cl)cc4)cc3)CC2)CC1. The summed E-state index contributed by atoms with van der Waals surface area (Å²) in [6.45, 7) is 2.34. The van der Waals surface area contributed by atoms with Crippen molar-refractivity contribution in [3.05, 3.63) is 70.2 Å². The van der Waals surface area contributed by atoms with Gasteiger partial charge in [-0.2, -0.15) is 0 Å². The molecule has 1 heteroatoms. The molecule has 0 bridgehead atoms. The first kappa shape index (κ1) is 23.6. The van der Waals surface area contributed by atoms with E-state index in [0.29, 0.717) is 0 Å². The van der Waals surface area contributed by atoms with Crippen LogP contribution in [0.3, 0.4) is 0 Å². The molecule has 32 heavy (non-hydrogen) atoms. The molecule has 0 N–H and O–H groups in total. The van der Waals surface area contributed by atoms with E-state index < -0.39 is 0 Å². The van der Waals surface area contributed by atoms with Gasteiger partial charge in [0, 0.05) is 5.02 Å². The molecule has 4 rings (SSSR count). The maximum atomic E-state index is 5.97. The second-order valence-corrected chi connectivity index (χ2v) is 11.0. The van der Waals surface area contributed by atoms with Crippen LogP contribution < -0.4 is 0 Å². The largest absolute Gasteiger partial charge is 0.0843 e. The van der Waals surface area contributed by atoms with Crippen molar-refractivity contribution in [1.82, 2.24) is 0 Å². The zero-order valence-corrected chi connectivity index (χ0v) is 20.7. The third-order valence-corrected chi connectivity index (χ3v) is 8.49. The Kier molecular flexibility index (Phi) is 8.92. The van der Waals surface area contributed by atoms with Gasteiger partial charge in [0.15, 0.2) is 0 Å². The van der Waals surface area contributed by atoms with Gasteiger partial charge in [0.2, 0.25) is 0 Å². The molecule has 0 atom stereocenters. The first-order chi connectivity index (χ1) is 15.7. The lowest BCUT2D eigenvalue weighted by molar-refractivity contribution is 0.224. The van der Waals surface area contributed by atoms with Crippen LogP contribution in [0.5, 0.6) is 0 Å². The molecule has 2 aliphatic carbocycles. The lowest BCUT2D eigenvalue weighted by Crippen LogP contribution is -2.17. The Bertz CT molecular complexity index is 816. The Morgan fingerprint density at radius 2 is 1.06 bits per heavy atom. The number of hydrogen-bond donors (Lipinski definition) is 0. The Morgan fingerprint density at radius 3 is 1.56 bits per heavy atom. The van der Waals surface area contributed by atoms with Crippen molar-refractivity contribution in [1.29, 1.82) is 0 Å². The van der Waals surface area contributed by atoms with Gasteiger partial charge in [-0.15, -0.1) is 0 Å². The molecule has 2 aromatic carbocycles.